The van der Waals surface area contributed by atoms with Crippen LogP contribution in [-0.4, -0.2) is 66.9 Å². The summed E-state index contributed by atoms with van der Waals surface area (Å²) in [6, 6.07) is 0. The summed E-state index contributed by atoms with van der Waals surface area (Å²) in [5, 5.41) is 0. The largest absolute Gasteiger partial charge is 0.382 e. The van der Waals surface area contributed by atoms with Crippen molar-refractivity contribution in [2.45, 2.75) is 50.3 Å². The van der Waals surface area contributed by atoms with Gasteiger partial charge in [-0.05, 0) is 12.8 Å². The normalized spacial score (nSPS) is 15.4. The van der Waals surface area contributed by atoms with Gasteiger partial charge in [-0.15, -0.1) is 0 Å². The summed E-state index contributed by atoms with van der Waals surface area (Å²) < 4.78 is 32.8. The van der Waals surface area contributed by atoms with Crippen molar-refractivity contribution in [3.63, 3.8) is 0 Å². The van der Waals surface area contributed by atoms with Crippen LogP contribution in [0.15, 0.2) is 0 Å². The minimum absolute atomic E-state index is 0.266. The second kappa shape index (κ2) is 10.5. The molecule has 1 unspecified atom stereocenters. The van der Waals surface area contributed by atoms with Gasteiger partial charge in [-0.1, -0.05) is 6.92 Å². The minimum atomic E-state index is -0.690. The summed E-state index contributed by atoms with van der Waals surface area (Å²) >= 11 is 0. The molecule has 0 spiro atoms. The molecule has 6 heteroatoms. The van der Waals surface area contributed by atoms with Gasteiger partial charge in [0.2, 0.25) is 0 Å². The fraction of sp³-hybridized carbons (Fsp3) is 1.00. The zero-order valence-corrected chi connectivity index (χ0v) is 14.6. The smallest absolute Gasteiger partial charge is 0.170 e. The molecule has 0 aliphatic heterocycles. The number of hydrogen-bond acceptors (Lipinski definition) is 6. The Kier molecular flexibility index (Phi) is 10.4. The maximum absolute atomic E-state index is 5.78. The van der Waals surface area contributed by atoms with Crippen LogP contribution in [0.2, 0.25) is 0 Å². The van der Waals surface area contributed by atoms with Crippen molar-refractivity contribution in [1.29, 1.82) is 0 Å². The Morgan fingerprint density at radius 2 is 1.43 bits per heavy atom. The van der Waals surface area contributed by atoms with Crippen LogP contribution in [0, 0.1) is 0 Å². The number of methoxy groups -OCH3 is 6. The molecule has 0 N–H and O–H groups in total. The van der Waals surface area contributed by atoms with Gasteiger partial charge in [-0.25, -0.2) is 0 Å². The topological polar surface area (TPSA) is 55.4 Å². The molecule has 0 fully saturated rings. The molecule has 128 valence electrons. The Morgan fingerprint density at radius 3 is 1.76 bits per heavy atom. The van der Waals surface area contributed by atoms with E-state index in [9.17, 15) is 0 Å². The molecule has 0 saturated carbocycles. The first-order valence-corrected chi connectivity index (χ1v) is 7.21. The predicted molar refractivity (Wildman–Crippen MR) is 80.3 cm³/mol. The average Bonchev–Trinajstić information content (AvgIpc) is 2.53. The van der Waals surface area contributed by atoms with Crippen LogP contribution in [0.1, 0.15) is 32.6 Å². The molecule has 0 aliphatic carbocycles. The van der Waals surface area contributed by atoms with Crippen molar-refractivity contribution < 1.29 is 28.4 Å². The van der Waals surface area contributed by atoms with Crippen LogP contribution in [0.5, 0.6) is 0 Å². The van der Waals surface area contributed by atoms with E-state index in [1.165, 1.54) is 0 Å². The highest BCUT2D eigenvalue weighted by molar-refractivity contribution is 4.88. The van der Waals surface area contributed by atoms with Gasteiger partial charge in [0.1, 0.15) is 0 Å². The van der Waals surface area contributed by atoms with Gasteiger partial charge in [-0.2, -0.15) is 0 Å². The molecular weight excluding hydrogens is 276 g/mol. The molecule has 21 heavy (non-hydrogen) atoms. The third kappa shape index (κ3) is 6.18. The third-order valence-electron chi connectivity index (χ3n) is 4.08. The van der Waals surface area contributed by atoms with Crippen LogP contribution in [0.25, 0.3) is 0 Å². The van der Waals surface area contributed by atoms with E-state index in [2.05, 4.69) is 0 Å². The highest BCUT2D eigenvalue weighted by Crippen LogP contribution is 2.34. The van der Waals surface area contributed by atoms with Crippen molar-refractivity contribution in [3.05, 3.63) is 0 Å². The van der Waals surface area contributed by atoms with Crippen LogP contribution in [0.4, 0.5) is 0 Å². The third-order valence-corrected chi connectivity index (χ3v) is 4.08. The van der Waals surface area contributed by atoms with E-state index < -0.39 is 11.4 Å². The van der Waals surface area contributed by atoms with Crippen molar-refractivity contribution >= 4 is 0 Å². The standard InChI is InChI=1S/C15H32O6/c1-8-15(20-6,21-7)11-14(19-5,12-16-2)10-9-13(17-3)18-4/h13H,8-12H2,1-7H3. The molecule has 0 saturated heterocycles. The van der Waals surface area contributed by atoms with Gasteiger partial charge in [0.15, 0.2) is 12.1 Å². The monoisotopic (exact) mass is 308 g/mol. The summed E-state index contributed by atoms with van der Waals surface area (Å²) in [5.41, 5.74) is -0.522. The first-order valence-electron chi connectivity index (χ1n) is 7.21. The van der Waals surface area contributed by atoms with E-state index in [4.69, 9.17) is 28.4 Å². The van der Waals surface area contributed by atoms with E-state index >= 15 is 0 Å². The average molecular weight is 308 g/mol. The van der Waals surface area contributed by atoms with Crippen molar-refractivity contribution in [2.24, 2.45) is 0 Å². The molecule has 0 amide bonds. The van der Waals surface area contributed by atoms with Crippen LogP contribution in [-0.2, 0) is 28.4 Å². The van der Waals surface area contributed by atoms with Crippen LogP contribution >= 0.6 is 0 Å². The number of ether oxygens (including phenoxy) is 6. The summed E-state index contributed by atoms with van der Waals surface area (Å²) in [5.74, 6) is -0.690. The van der Waals surface area contributed by atoms with Gasteiger partial charge in [0.05, 0.1) is 12.2 Å². The molecule has 0 bridgehead atoms. The minimum Gasteiger partial charge on any atom is -0.382 e. The Labute approximate surface area is 129 Å². The molecule has 1 atom stereocenters. The molecule has 6 nitrogen and oxygen atoms in total. The fourth-order valence-corrected chi connectivity index (χ4v) is 2.55. The second-order valence-electron chi connectivity index (χ2n) is 5.11. The second-order valence-corrected chi connectivity index (χ2v) is 5.11. The first-order chi connectivity index (χ1) is 10.0. The van der Waals surface area contributed by atoms with E-state index in [1.807, 2.05) is 6.92 Å². The summed E-state index contributed by atoms with van der Waals surface area (Å²) in [6.07, 6.45) is 2.41. The highest BCUT2D eigenvalue weighted by Gasteiger charge is 2.41. The van der Waals surface area contributed by atoms with Gasteiger partial charge in [0, 0.05) is 55.5 Å². The van der Waals surface area contributed by atoms with E-state index in [0.717, 1.165) is 0 Å². The van der Waals surface area contributed by atoms with E-state index in [-0.39, 0.29) is 6.29 Å². The Balaban J connectivity index is 5.04. The van der Waals surface area contributed by atoms with Crippen LogP contribution < -0.4 is 0 Å². The molecule has 0 aromatic carbocycles. The van der Waals surface area contributed by atoms with Gasteiger partial charge in [-0.3, -0.25) is 0 Å². The van der Waals surface area contributed by atoms with Crippen molar-refractivity contribution in [3.8, 4) is 0 Å². The quantitative estimate of drug-likeness (QED) is 0.486. The summed E-state index contributed by atoms with van der Waals surface area (Å²) in [7, 11) is 9.88. The Morgan fingerprint density at radius 1 is 0.857 bits per heavy atom. The number of rotatable bonds is 13. The van der Waals surface area contributed by atoms with E-state index in [1.54, 1.807) is 42.7 Å². The molecule has 0 aliphatic rings. The van der Waals surface area contributed by atoms with Gasteiger partial charge in [0.25, 0.3) is 0 Å². The van der Waals surface area contributed by atoms with Gasteiger partial charge < -0.3 is 28.4 Å². The SMILES string of the molecule is CCC(CC(CCC(OC)OC)(COC)OC)(OC)OC. The number of hydrogen-bond donors (Lipinski definition) is 0. The first kappa shape index (κ1) is 20.8. The van der Waals surface area contributed by atoms with E-state index in [0.29, 0.717) is 32.3 Å². The lowest BCUT2D eigenvalue weighted by Gasteiger charge is -2.40. The van der Waals surface area contributed by atoms with Gasteiger partial charge >= 0.3 is 0 Å². The lowest BCUT2D eigenvalue weighted by atomic mass is 9.88. The lowest BCUT2D eigenvalue weighted by molar-refractivity contribution is -0.248. The lowest BCUT2D eigenvalue weighted by Crippen LogP contribution is -2.48. The van der Waals surface area contributed by atoms with Crippen molar-refractivity contribution in [2.75, 3.05) is 49.3 Å². The van der Waals surface area contributed by atoms with Crippen molar-refractivity contribution in [1.82, 2.24) is 0 Å². The van der Waals surface area contributed by atoms with Crippen LogP contribution in [0.3, 0.4) is 0 Å². The zero-order chi connectivity index (χ0) is 16.4. The maximum atomic E-state index is 5.78. The molecule has 0 radical (unpaired) electrons. The molecular formula is C15H32O6. The summed E-state index contributed by atoms with van der Waals surface area (Å²) in [4.78, 5) is 0. The fourth-order valence-electron chi connectivity index (χ4n) is 2.55. The highest BCUT2D eigenvalue weighted by atomic mass is 16.7. The Bertz CT molecular complexity index is 244. The molecule has 0 heterocycles. The predicted octanol–water partition coefficient (Wildman–Crippen LogP) is 2.21. The zero-order valence-electron chi connectivity index (χ0n) is 14.6. The molecule has 0 rings (SSSR count). The maximum Gasteiger partial charge on any atom is 0.170 e. The molecule has 0 aromatic rings. The Hall–Kier alpha value is -0.240. The molecule has 0 aromatic heterocycles. The summed E-state index contributed by atoms with van der Waals surface area (Å²) in [6.45, 7) is 2.46.